The molecule has 1 aromatic heterocycles. The molecule has 0 amide bonds. The summed E-state index contributed by atoms with van der Waals surface area (Å²) in [6, 6.07) is 0.536. The van der Waals surface area contributed by atoms with E-state index in [0.29, 0.717) is 12.0 Å². The lowest BCUT2D eigenvalue weighted by Gasteiger charge is -2.28. The van der Waals surface area contributed by atoms with Gasteiger partial charge in [0.1, 0.15) is 0 Å². The zero-order valence-corrected chi connectivity index (χ0v) is 13.2. The molecule has 19 heavy (non-hydrogen) atoms. The smallest absolute Gasteiger partial charge is 0.225 e. The lowest BCUT2D eigenvalue weighted by Crippen LogP contribution is -2.28. The minimum absolute atomic E-state index is 0.536. The van der Waals surface area contributed by atoms with Gasteiger partial charge in [0.25, 0.3) is 0 Å². The largest absolute Gasteiger partial charge is 0.344 e. The molecule has 5 heteroatoms. The third kappa shape index (κ3) is 3.38. The van der Waals surface area contributed by atoms with Crippen molar-refractivity contribution in [3.8, 4) is 0 Å². The van der Waals surface area contributed by atoms with Gasteiger partial charge in [0.2, 0.25) is 5.95 Å². The van der Waals surface area contributed by atoms with Gasteiger partial charge in [-0.15, -0.1) is 5.10 Å². The summed E-state index contributed by atoms with van der Waals surface area (Å²) in [7, 11) is 2.12. The van der Waals surface area contributed by atoms with Crippen LogP contribution in [0.2, 0.25) is 0 Å². The molecule has 0 bridgehead atoms. The van der Waals surface area contributed by atoms with Crippen LogP contribution in [0, 0.1) is 10.7 Å². The molecule has 1 aromatic rings. The molecule has 1 saturated carbocycles. The SMILES string of the molecule is CCC(C)CN(C)c1n[nH]c(=S)n1C1CCCCC1. The van der Waals surface area contributed by atoms with Crippen molar-refractivity contribution in [3.63, 3.8) is 0 Å². The molecule has 1 atom stereocenters. The third-order valence-electron chi connectivity index (χ3n) is 4.25. The average Bonchev–Trinajstić information content (AvgIpc) is 2.81. The van der Waals surface area contributed by atoms with Gasteiger partial charge in [-0.05, 0) is 31.0 Å². The van der Waals surface area contributed by atoms with Crippen LogP contribution in [0.15, 0.2) is 0 Å². The highest BCUT2D eigenvalue weighted by molar-refractivity contribution is 7.71. The Bertz CT molecular complexity index is 445. The Morgan fingerprint density at radius 2 is 2.11 bits per heavy atom. The zero-order valence-electron chi connectivity index (χ0n) is 12.4. The van der Waals surface area contributed by atoms with Gasteiger partial charge in [0.15, 0.2) is 4.77 Å². The Morgan fingerprint density at radius 3 is 2.74 bits per heavy atom. The molecule has 0 aliphatic heterocycles. The number of anilines is 1. The predicted molar refractivity (Wildman–Crippen MR) is 82.3 cm³/mol. The molecule has 0 spiro atoms. The molecule has 108 valence electrons. The normalized spacial score (nSPS) is 18.5. The van der Waals surface area contributed by atoms with E-state index in [1.54, 1.807) is 0 Å². The van der Waals surface area contributed by atoms with E-state index in [4.69, 9.17) is 12.2 Å². The van der Waals surface area contributed by atoms with E-state index in [1.165, 1.54) is 38.5 Å². The molecular weight excluding hydrogens is 256 g/mol. The first-order chi connectivity index (χ1) is 9.13. The van der Waals surface area contributed by atoms with E-state index >= 15 is 0 Å². The number of H-pyrrole nitrogens is 1. The van der Waals surface area contributed by atoms with E-state index in [9.17, 15) is 0 Å². The monoisotopic (exact) mass is 282 g/mol. The Labute approximate surface area is 121 Å². The second-order valence-corrected chi connectivity index (χ2v) is 6.27. The van der Waals surface area contributed by atoms with Crippen molar-refractivity contribution in [2.24, 2.45) is 5.92 Å². The van der Waals surface area contributed by atoms with Crippen LogP contribution < -0.4 is 4.90 Å². The van der Waals surface area contributed by atoms with Gasteiger partial charge in [-0.2, -0.15) is 0 Å². The Morgan fingerprint density at radius 1 is 1.42 bits per heavy atom. The fourth-order valence-electron chi connectivity index (χ4n) is 2.91. The van der Waals surface area contributed by atoms with Crippen LogP contribution in [0.1, 0.15) is 58.4 Å². The summed E-state index contributed by atoms with van der Waals surface area (Å²) in [5.41, 5.74) is 0. The fraction of sp³-hybridized carbons (Fsp3) is 0.857. The lowest BCUT2D eigenvalue weighted by molar-refractivity contribution is 0.350. The molecule has 4 nitrogen and oxygen atoms in total. The molecule has 1 aliphatic carbocycles. The Hall–Kier alpha value is -0.840. The standard InChI is InChI=1S/C14H26N4S/c1-4-11(2)10-17(3)13-15-16-14(19)18(13)12-8-6-5-7-9-12/h11-12H,4-10H2,1-3H3,(H,16,19). The summed E-state index contributed by atoms with van der Waals surface area (Å²) in [5, 5.41) is 7.43. The number of nitrogens with zero attached hydrogens (tertiary/aromatic N) is 3. The van der Waals surface area contributed by atoms with Crippen LogP contribution in [0.5, 0.6) is 0 Å². The van der Waals surface area contributed by atoms with E-state index in [1.807, 2.05) is 0 Å². The molecular formula is C14H26N4S. The molecule has 0 saturated heterocycles. The topological polar surface area (TPSA) is 36.9 Å². The molecule has 1 unspecified atom stereocenters. The van der Waals surface area contributed by atoms with Gasteiger partial charge in [0, 0.05) is 19.6 Å². The van der Waals surface area contributed by atoms with Crippen LogP contribution in [-0.2, 0) is 0 Å². The van der Waals surface area contributed by atoms with Crippen molar-refractivity contribution in [1.29, 1.82) is 0 Å². The second kappa shape index (κ2) is 6.55. The first kappa shape index (κ1) is 14.6. The van der Waals surface area contributed by atoms with Gasteiger partial charge >= 0.3 is 0 Å². The van der Waals surface area contributed by atoms with Crippen molar-refractivity contribution in [2.75, 3.05) is 18.5 Å². The summed E-state index contributed by atoms with van der Waals surface area (Å²) < 4.78 is 3.02. The minimum atomic E-state index is 0.536. The Balaban J connectivity index is 2.18. The number of rotatable bonds is 5. The zero-order chi connectivity index (χ0) is 13.8. The number of hydrogen-bond donors (Lipinski definition) is 1. The highest BCUT2D eigenvalue weighted by Gasteiger charge is 2.22. The first-order valence-corrected chi connectivity index (χ1v) is 7.92. The highest BCUT2D eigenvalue weighted by Crippen LogP contribution is 2.31. The average molecular weight is 282 g/mol. The van der Waals surface area contributed by atoms with E-state index < -0.39 is 0 Å². The van der Waals surface area contributed by atoms with Crippen molar-refractivity contribution in [3.05, 3.63) is 4.77 Å². The van der Waals surface area contributed by atoms with Gasteiger partial charge in [-0.1, -0.05) is 39.5 Å². The van der Waals surface area contributed by atoms with Gasteiger partial charge in [-0.25, -0.2) is 5.10 Å². The van der Waals surface area contributed by atoms with Crippen LogP contribution >= 0.6 is 12.2 Å². The quantitative estimate of drug-likeness (QED) is 0.831. The lowest BCUT2D eigenvalue weighted by atomic mass is 9.95. The maximum atomic E-state index is 5.43. The van der Waals surface area contributed by atoms with Crippen LogP contribution in [0.25, 0.3) is 0 Å². The number of aromatic nitrogens is 3. The van der Waals surface area contributed by atoms with Crippen molar-refractivity contribution < 1.29 is 0 Å². The summed E-state index contributed by atoms with van der Waals surface area (Å²) in [4.78, 5) is 2.25. The number of hydrogen-bond acceptors (Lipinski definition) is 3. The number of nitrogens with one attached hydrogen (secondary N) is 1. The van der Waals surface area contributed by atoms with Crippen molar-refractivity contribution in [2.45, 2.75) is 58.4 Å². The molecule has 1 N–H and O–H groups in total. The summed E-state index contributed by atoms with van der Waals surface area (Å²) in [5.74, 6) is 1.69. The van der Waals surface area contributed by atoms with Crippen LogP contribution in [0.3, 0.4) is 0 Å². The molecule has 0 aromatic carbocycles. The summed E-state index contributed by atoms with van der Waals surface area (Å²) in [6.07, 6.45) is 7.65. The maximum Gasteiger partial charge on any atom is 0.225 e. The maximum absolute atomic E-state index is 5.43. The van der Waals surface area contributed by atoms with E-state index in [0.717, 1.165) is 17.3 Å². The first-order valence-electron chi connectivity index (χ1n) is 7.51. The molecule has 2 rings (SSSR count). The van der Waals surface area contributed by atoms with Gasteiger partial charge < -0.3 is 4.90 Å². The van der Waals surface area contributed by atoms with E-state index in [2.05, 4.69) is 40.6 Å². The fourth-order valence-corrected chi connectivity index (χ4v) is 3.19. The second-order valence-electron chi connectivity index (χ2n) is 5.88. The number of aromatic amines is 1. The molecule has 0 radical (unpaired) electrons. The molecule has 1 aliphatic rings. The van der Waals surface area contributed by atoms with E-state index in [-0.39, 0.29) is 0 Å². The highest BCUT2D eigenvalue weighted by atomic mass is 32.1. The van der Waals surface area contributed by atoms with Crippen molar-refractivity contribution in [1.82, 2.24) is 14.8 Å². The van der Waals surface area contributed by atoms with Crippen molar-refractivity contribution >= 4 is 18.2 Å². The van der Waals surface area contributed by atoms with Gasteiger partial charge in [0.05, 0.1) is 0 Å². The van der Waals surface area contributed by atoms with Gasteiger partial charge in [-0.3, -0.25) is 4.57 Å². The minimum Gasteiger partial charge on any atom is -0.344 e. The third-order valence-corrected chi connectivity index (χ3v) is 4.54. The van der Waals surface area contributed by atoms with Crippen LogP contribution in [0.4, 0.5) is 5.95 Å². The molecule has 1 heterocycles. The Kier molecular flexibility index (Phi) is 5.02. The summed E-state index contributed by atoms with van der Waals surface area (Å²) >= 11 is 5.43. The predicted octanol–water partition coefficient (Wildman–Crippen LogP) is 3.93. The van der Waals surface area contributed by atoms with Crippen LogP contribution in [-0.4, -0.2) is 28.4 Å². The molecule has 1 fully saturated rings. The summed E-state index contributed by atoms with van der Waals surface area (Å²) in [6.45, 7) is 5.54.